The molecule has 0 aromatic carbocycles. The van der Waals surface area contributed by atoms with Gasteiger partial charge in [0.05, 0.1) is 42.8 Å². The van der Waals surface area contributed by atoms with Crippen molar-refractivity contribution in [3.8, 4) is 0 Å². The molecular formula is C41H51N5O5. The van der Waals surface area contributed by atoms with E-state index in [0.717, 1.165) is 81.3 Å². The highest BCUT2D eigenvalue weighted by molar-refractivity contribution is 6.27. The van der Waals surface area contributed by atoms with Crippen LogP contribution in [0.5, 0.6) is 0 Å². The lowest BCUT2D eigenvalue weighted by Crippen LogP contribution is -2.26. The zero-order valence-electron chi connectivity index (χ0n) is 31.0. The SMILES string of the molecule is C=Cc1c(C)c2cc3nc(c(CC(=O)OC)c4nc(cc5[nH]c(cc1[nH]2)c(C)c5CC)C(C)=C4C(=O)NCCCCC)[C@@H](CCCOC=O)[C@@H]3C. The molecule has 2 atom stereocenters. The summed E-state index contributed by atoms with van der Waals surface area (Å²) in [5, 5.41) is 3.12. The Labute approximate surface area is 300 Å². The number of nitrogens with zero attached hydrogens (tertiary/aromatic N) is 2. The van der Waals surface area contributed by atoms with Gasteiger partial charge in [0.15, 0.2) is 0 Å². The van der Waals surface area contributed by atoms with Crippen LogP contribution in [-0.4, -0.2) is 58.5 Å². The Morgan fingerprint density at radius 2 is 1.71 bits per heavy atom. The number of esters is 1. The Bertz CT molecular complexity index is 2040. The van der Waals surface area contributed by atoms with Gasteiger partial charge >= 0.3 is 5.97 Å². The van der Waals surface area contributed by atoms with E-state index < -0.39 is 5.97 Å². The summed E-state index contributed by atoms with van der Waals surface area (Å²) >= 11 is 0. The van der Waals surface area contributed by atoms with Crippen LogP contribution in [0.3, 0.4) is 0 Å². The lowest BCUT2D eigenvalue weighted by molar-refractivity contribution is -0.139. The Balaban J connectivity index is 1.94. The number of hydrogen-bond donors (Lipinski definition) is 3. The molecule has 51 heavy (non-hydrogen) atoms. The van der Waals surface area contributed by atoms with Crippen LogP contribution >= 0.6 is 0 Å². The number of allylic oxidation sites excluding steroid dienone is 1. The highest BCUT2D eigenvalue weighted by Gasteiger charge is 2.35. The van der Waals surface area contributed by atoms with E-state index in [4.69, 9.17) is 19.4 Å². The van der Waals surface area contributed by atoms with Gasteiger partial charge in [0.1, 0.15) is 0 Å². The molecule has 0 saturated carbocycles. The highest BCUT2D eigenvalue weighted by atomic mass is 16.5. The normalized spacial score (nSPS) is 15.5. The molecule has 3 aromatic heterocycles. The van der Waals surface area contributed by atoms with Crippen molar-refractivity contribution < 1.29 is 23.9 Å². The third-order valence-electron chi connectivity index (χ3n) is 10.4. The molecule has 2 aliphatic rings. The van der Waals surface area contributed by atoms with Crippen molar-refractivity contribution in [3.05, 3.63) is 75.4 Å². The molecule has 0 aliphatic carbocycles. The summed E-state index contributed by atoms with van der Waals surface area (Å²) in [6.45, 7) is 17.9. The van der Waals surface area contributed by atoms with Gasteiger partial charge in [-0.15, -0.1) is 0 Å². The van der Waals surface area contributed by atoms with Gasteiger partial charge in [-0.25, -0.2) is 4.98 Å². The molecule has 0 spiro atoms. The summed E-state index contributed by atoms with van der Waals surface area (Å²) < 4.78 is 10.3. The predicted molar refractivity (Wildman–Crippen MR) is 203 cm³/mol. The number of fused-ring (bicyclic) bond motifs is 8. The average molecular weight is 694 g/mol. The molecule has 5 rings (SSSR count). The van der Waals surface area contributed by atoms with Crippen LogP contribution in [0.1, 0.15) is 122 Å². The second kappa shape index (κ2) is 16.4. The second-order valence-electron chi connectivity index (χ2n) is 13.5. The Morgan fingerprint density at radius 1 is 0.961 bits per heavy atom. The zero-order valence-corrected chi connectivity index (χ0v) is 31.0. The number of nitrogens with one attached hydrogen (secondary N) is 3. The van der Waals surface area contributed by atoms with Crippen molar-refractivity contribution in [2.45, 2.75) is 98.3 Å². The van der Waals surface area contributed by atoms with E-state index in [1.807, 2.05) is 19.1 Å². The fraction of sp³-hybridized carbons (Fsp3) is 0.439. The number of aromatic nitrogens is 4. The smallest absolute Gasteiger partial charge is 0.310 e. The predicted octanol–water partition coefficient (Wildman–Crippen LogP) is 7.93. The maximum absolute atomic E-state index is 14.1. The first-order valence-corrected chi connectivity index (χ1v) is 18.1. The van der Waals surface area contributed by atoms with E-state index in [1.165, 1.54) is 7.11 Å². The number of unbranched alkanes of at least 4 members (excludes halogenated alkanes) is 2. The number of carbonyl (C=O) groups is 3. The molecule has 3 aromatic rings. The fourth-order valence-corrected chi connectivity index (χ4v) is 7.43. The van der Waals surface area contributed by atoms with Gasteiger partial charge in [-0.05, 0) is 86.9 Å². The standard InChI is InChI=1S/C41H51N5O5/c1-9-12-13-16-42-41(49)38-26(7)34-21-36-28(11-3)24(5)32(44-36)20-35-27(10-2)23(4)31(43-35)19-33-25(6)29(15-14-17-51-22-47)39(45-33)30(40(38)46-34)18-37(48)50-8/h10,19-22,25,29,43-44H,2,9,11-18H2,1,3-8H3,(H,42,49)/t25-,29-/m0/s1. The molecule has 5 heterocycles. The summed E-state index contributed by atoms with van der Waals surface area (Å²) in [6.07, 6.45) is 6.68. The van der Waals surface area contributed by atoms with Gasteiger partial charge in [0.2, 0.25) is 0 Å². The molecule has 270 valence electrons. The summed E-state index contributed by atoms with van der Waals surface area (Å²) in [4.78, 5) is 56.0. The van der Waals surface area contributed by atoms with E-state index >= 15 is 0 Å². The van der Waals surface area contributed by atoms with Crippen molar-refractivity contribution in [2.75, 3.05) is 20.3 Å². The van der Waals surface area contributed by atoms with Crippen LogP contribution in [0.25, 0.3) is 39.3 Å². The fourth-order valence-electron chi connectivity index (χ4n) is 7.43. The quantitative estimate of drug-likeness (QED) is 0.0885. The summed E-state index contributed by atoms with van der Waals surface area (Å²) in [5.41, 5.74) is 12.4. The zero-order chi connectivity index (χ0) is 36.8. The number of aromatic amines is 2. The van der Waals surface area contributed by atoms with E-state index in [9.17, 15) is 14.4 Å². The number of amides is 1. The first kappa shape index (κ1) is 37.3. The number of H-pyrrole nitrogens is 2. The van der Waals surface area contributed by atoms with Crippen LogP contribution in [0.15, 0.2) is 24.8 Å². The molecule has 8 bridgehead atoms. The molecule has 2 aliphatic heterocycles. The minimum Gasteiger partial charge on any atom is -0.469 e. The first-order valence-electron chi connectivity index (χ1n) is 18.1. The minimum absolute atomic E-state index is 0.0600. The Kier molecular flexibility index (Phi) is 12.0. The first-order chi connectivity index (χ1) is 24.6. The Morgan fingerprint density at radius 3 is 2.39 bits per heavy atom. The number of rotatable bonds is 14. The van der Waals surface area contributed by atoms with Crippen LogP contribution in [-0.2, 0) is 36.7 Å². The van der Waals surface area contributed by atoms with Gasteiger partial charge < -0.3 is 24.8 Å². The number of carbonyl (C=O) groups excluding carboxylic acids is 3. The largest absolute Gasteiger partial charge is 0.469 e. The third kappa shape index (κ3) is 7.55. The maximum atomic E-state index is 14.1. The van der Waals surface area contributed by atoms with Gasteiger partial charge in [-0.3, -0.25) is 19.4 Å². The van der Waals surface area contributed by atoms with Crippen molar-refractivity contribution in [1.82, 2.24) is 25.3 Å². The second-order valence-corrected chi connectivity index (χ2v) is 13.5. The van der Waals surface area contributed by atoms with Crippen molar-refractivity contribution >= 4 is 57.6 Å². The average Bonchev–Trinajstić information content (AvgIpc) is 3.80. The minimum atomic E-state index is -0.454. The summed E-state index contributed by atoms with van der Waals surface area (Å²) in [5.74, 6) is -0.894. The molecule has 0 saturated heterocycles. The number of aryl methyl sites for hydroxylation is 3. The molecular weight excluding hydrogens is 642 g/mol. The monoisotopic (exact) mass is 693 g/mol. The Hall–Kier alpha value is -4.99. The maximum Gasteiger partial charge on any atom is 0.310 e. The topological polar surface area (TPSA) is 139 Å². The lowest BCUT2D eigenvalue weighted by Gasteiger charge is -2.19. The number of ether oxygens (including phenoxy) is 2. The summed E-state index contributed by atoms with van der Waals surface area (Å²) in [7, 11) is 1.36. The number of methoxy groups -OCH3 is 1. The van der Waals surface area contributed by atoms with Crippen LogP contribution in [0, 0.1) is 13.8 Å². The molecule has 10 heteroatoms. The van der Waals surface area contributed by atoms with Gasteiger partial charge in [0, 0.05) is 57.3 Å². The van der Waals surface area contributed by atoms with E-state index in [2.05, 4.69) is 68.6 Å². The lowest BCUT2D eigenvalue weighted by atomic mass is 9.84. The molecule has 0 fully saturated rings. The van der Waals surface area contributed by atoms with E-state index in [1.54, 1.807) is 0 Å². The van der Waals surface area contributed by atoms with Gasteiger partial charge in [0.25, 0.3) is 12.4 Å². The van der Waals surface area contributed by atoms with Crippen molar-refractivity contribution in [1.29, 1.82) is 0 Å². The number of hydrogen-bond acceptors (Lipinski definition) is 7. The molecule has 3 N–H and O–H groups in total. The molecule has 0 unspecified atom stereocenters. The van der Waals surface area contributed by atoms with Crippen molar-refractivity contribution in [2.24, 2.45) is 0 Å². The van der Waals surface area contributed by atoms with Crippen LogP contribution in [0.4, 0.5) is 0 Å². The highest BCUT2D eigenvalue weighted by Crippen LogP contribution is 2.44. The molecule has 0 radical (unpaired) electrons. The van der Waals surface area contributed by atoms with Gasteiger partial charge in [-0.2, -0.15) is 0 Å². The van der Waals surface area contributed by atoms with E-state index in [-0.39, 0.29) is 30.8 Å². The summed E-state index contributed by atoms with van der Waals surface area (Å²) in [6, 6.07) is 6.21. The van der Waals surface area contributed by atoms with Crippen molar-refractivity contribution in [3.63, 3.8) is 0 Å². The van der Waals surface area contributed by atoms with E-state index in [0.29, 0.717) is 54.1 Å². The third-order valence-corrected chi connectivity index (χ3v) is 10.4. The van der Waals surface area contributed by atoms with Crippen LogP contribution in [0.2, 0.25) is 0 Å². The van der Waals surface area contributed by atoms with Crippen LogP contribution < -0.4 is 5.32 Å². The molecule has 10 nitrogen and oxygen atoms in total. The van der Waals surface area contributed by atoms with Gasteiger partial charge in [-0.1, -0.05) is 46.3 Å². The molecule has 1 amide bonds.